The van der Waals surface area contributed by atoms with Gasteiger partial charge >= 0.3 is 11.8 Å². The quantitative estimate of drug-likeness (QED) is 0.661. The van der Waals surface area contributed by atoms with Crippen LogP contribution in [0.3, 0.4) is 0 Å². The van der Waals surface area contributed by atoms with Crippen molar-refractivity contribution < 1.29 is 9.59 Å². The molecule has 0 fully saturated rings. The summed E-state index contributed by atoms with van der Waals surface area (Å²) >= 11 is 11.6. The molecule has 1 aromatic rings. The number of rotatable bonds is 4. The van der Waals surface area contributed by atoms with Crippen LogP contribution in [0.5, 0.6) is 0 Å². The van der Waals surface area contributed by atoms with Crippen molar-refractivity contribution in [2.24, 2.45) is 0 Å². The Hall–Kier alpha value is -1.26. The summed E-state index contributed by atoms with van der Waals surface area (Å²) in [7, 11) is 0. The minimum atomic E-state index is -0.754. The largest absolute Gasteiger partial charge is 0.348 e. The summed E-state index contributed by atoms with van der Waals surface area (Å²) in [4.78, 5) is 23.0. The van der Waals surface area contributed by atoms with Gasteiger partial charge in [-0.3, -0.25) is 9.59 Å². The standard InChI is InChI=1S/C12H14Cl2N2O2/c1-2-3-6-15-11(17)12(18)16-10-7-8(13)4-5-9(10)14/h4-5,7H,2-3,6H2,1H3,(H,15,17)(H,16,18). The molecule has 0 spiro atoms. The predicted molar refractivity (Wildman–Crippen MR) is 73.0 cm³/mol. The summed E-state index contributed by atoms with van der Waals surface area (Å²) in [5.74, 6) is -1.44. The molecule has 18 heavy (non-hydrogen) atoms. The van der Waals surface area contributed by atoms with Gasteiger partial charge in [0.15, 0.2) is 0 Å². The molecule has 0 atom stereocenters. The summed E-state index contributed by atoms with van der Waals surface area (Å²) in [5.41, 5.74) is 0.319. The molecule has 98 valence electrons. The maximum absolute atomic E-state index is 11.5. The van der Waals surface area contributed by atoms with Gasteiger partial charge in [0.1, 0.15) is 0 Å². The Bertz CT molecular complexity index is 450. The summed E-state index contributed by atoms with van der Waals surface area (Å²) in [6.07, 6.45) is 1.78. The molecule has 0 heterocycles. The van der Waals surface area contributed by atoms with E-state index < -0.39 is 11.8 Å². The van der Waals surface area contributed by atoms with Crippen LogP contribution in [-0.4, -0.2) is 18.4 Å². The third-order valence-electron chi connectivity index (χ3n) is 2.20. The first-order chi connectivity index (χ1) is 8.54. The molecular formula is C12H14Cl2N2O2. The van der Waals surface area contributed by atoms with E-state index in [0.717, 1.165) is 12.8 Å². The fraction of sp³-hybridized carbons (Fsp3) is 0.333. The van der Waals surface area contributed by atoms with Gasteiger partial charge in [-0.1, -0.05) is 36.5 Å². The summed E-state index contributed by atoms with van der Waals surface area (Å²) < 4.78 is 0. The van der Waals surface area contributed by atoms with Crippen LogP contribution in [0.1, 0.15) is 19.8 Å². The Morgan fingerprint density at radius 1 is 1.22 bits per heavy atom. The van der Waals surface area contributed by atoms with Crippen molar-refractivity contribution in [3.8, 4) is 0 Å². The molecule has 6 heteroatoms. The lowest BCUT2D eigenvalue weighted by Gasteiger charge is -2.07. The fourth-order valence-electron chi connectivity index (χ4n) is 1.23. The summed E-state index contributed by atoms with van der Waals surface area (Å²) in [5, 5.41) is 5.68. The maximum atomic E-state index is 11.5. The monoisotopic (exact) mass is 288 g/mol. The highest BCUT2D eigenvalue weighted by molar-refractivity contribution is 6.42. The van der Waals surface area contributed by atoms with Crippen molar-refractivity contribution in [3.63, 3.8) is 0 Å². The van der Waals surface area contributed by atoms with Crippen LogP contribution in [-0.2, 0) is 9.59 Å². The van der Waals surface area contributed by atoms with Gasteiger partial charge in [-0.25, -0.2) is 0 Å². The smallest absolute Gasteiger partial charge is 0.313 e. The Morgan fingerprint density at radius 3 is 2.61 bits per heavy atom. The number of anilines is 1. The molecule has 1 rings (SSSR count). The van der Waals surface area contributed by atoms with Crippen molar-refractivity contribution in [3.05, 3.63) is 28.2 Å². The minimum Gasteiger partial charge on any atom is -0.348 e. The van der Waals surface area contributed by atoms with Gasteiger partial charge in [-0.15, -0.1) is 0 Å². The van der Waals surface area contributed by atoms with Gasteiger partial charge in [0.2, 0.25) is 0 Å². The number of benzene rings is 1. The van der Waals surface area contributed by atoms with Gasteiger partial charge in [-0.05, 0) is 24.6 Å². The number of hydrogen-bond donors (Lipinski definition) is 2. The molecule has 0 saturated carbocycles. The van der Waals surface area contributed by atoms with Crippen molar-refractivity contribution in [1.82, 2.24) is 5.32 Å². The van der Waals surface area contributed by atoms with E-state index in [0.29, 0.717) is 22.3 Å². The zero-order chi connectivity index (χ0) is 13.5. The van der Waals surface area contributed by atoms with Gasteiger partial charge in [0, 0.05) is 11.6 Å². The first-order valence-electron chi connectivity index (χ1n) is 5.58. The number of carbonyl (C=O) groups excluding carboxylic acids is 2. The first kappa shape index (κ1) is 14.8. The molecular weight excluding hydrogens is 275 g/mol. The lowest BCUT2D eigenvalue weighted by atomic mass is 10.3. The summed E-state index contributed by atoms with van der Waals surface area (Å²) in [6, 6.07) is 4.64. The van der Waals surface area contributed by atoms with Gasteiger partial charge < -0.3 is 10.6 Å². The van der Waals surface area contributed by atoms with E-state index in [-0.39, 0.29) is 0 Å². The van der Waals surface area contributed by atoms with Crippen molar-refractivity contribution in [2.75, 3.05) is 11.9 Å². The van der Waals surface area contributed by atoms with Crippen molar-refractivity contribution >= 4 is 40.7 Å². The SMILES string of the molecule is CCCCNC(=O)C(=O)Nc1cc(Cl)ccc1Cl. The van der Waals surface area contributed by atoms with Crippen LogP contribution < -0.4 is 10.6 Å². The Morgan fingerprint density at radius 2 is 1.94 bits per heavy atom. The molecule has 0 aliphatic heterocycles. The molecule has 0 radical (unpaired) electrons. The predicted octanol–water partition coefficient (Wildman–Crippen LogP) is 2.85. The maximum Gasteiger partial charge on any atom is 0.313 e. The third-order valence-corrected chi connectivity index (χ3v) is 2.76. The molecule has 0 saturated heterocycles. The van der Waals surface area contributed by atoms with E-state index >= 15 is 0 Å². The molecule has 0 unspecified atom stereocenters. The fourth-order valence-corrected chi connectivity index (χ4v) is 1.57. The second kappa shape index (κ2) is 7.24. The lowest BCUT2D eigenvalue weighted by molar-refractivity contribution is -0.136. The van der Waals surface area contributed by atoms with Crippen LogP contribution in [0.15, 0.2) is 18.2 Å². The van der Waals surface area contributed by atoms with Crippen LogP contribution in [0.2, 0.25) is 10.0 Å². The number of nitrogens with one attached hydrogen (secondary N) is 2. The topological polar surface area (TPSA) is 58.2 Å². The van der Waals surface area contributed by atoms with Gasteiger partial charge in [0.25, 0.3) is 0 Å². The average Bonchev–Trinajstić information content (AvgIpc) is 2.34. The average molecular weight is 289 g/mol. The minimum absolute atomic E-state index is 0.319. The molecule has 4 nitrogen and oxygen atoms in total. The molecule has 0 aromatic heterocycles. The normalized spacial score (nSPS) is 9.94. The van der Waals surface area contributed by atoms with E-state index in [1.165, 1.54) is 6.07 Å². The van der Waals surface area contributed by atoms with E-state index in [2.05, 4.69) is 10.6 Å². The van der Waals surface area contributed by atoms with E-state index in [1.54, 1.807) is 12.1 Å². The van der Waals surface area contributed by atoms with Crippen LogP contribution in [0.25, 0.3) is 0 Å². The van der Waals surface area contributed by atoms with Gasteiger partial charge in [-0.2, -0.15) is 0 Å². The number of carbonyl (C=O) groups is 2. The molecule has 0 aliphatic rings. The lowest BCUT2D eigenvalue weighted by Crippen LogP contribution is -2.35. The molecule has 2 N–H and O–H groups in total. The number of unbranched alkanes of at least 4 members (excludes halogenated alkanes) is 1. The molecule has 1 aromatic carbocycles. The zero-order valence-corrected chi connectivity index (χ0v) is 11.4. The Labute approximate surface area is 116 Å². The Kier molecular flexibility index (Phi) is 5.95. The zero-order valence-electron chi connectivity index (χ0n) is 9.93. The summed E-state index contributed by atoms with van der Waals surface area (Å²) in [6.45, 7) is 2.48. The van der Waals surface area contributed by atoms with E-state index in [9.17, 15) is 9.59 Å². The number of amides is 2. The number of halogens is 2. The highest BCUT2D eigenvalue weighted by Crippen LogP contribution is 2.25. The van der Waals surface area contributed by atoms with Crippen molar-refractivity contribution in [1.29, 1.82) is 0 Å². The van der Waals surface area contributed by atoms with Crippen LogP contribution in [0, 0.1) is 0 Å². The van der Waals surface area contributed by atoms with Gasteiger partial charge in [0.05, 0.1) is 10.7 Å². The molecule has 0 bridgehead atoms. The van der Waals surface area contributed by atoms with Crippen LogP contribution >= 0.6 is 23.2 Å². The second-order valence-corrected chi connectivity index (χ2v) is 4.53. The Balaban J connectivity index is 2.58. The van der Waals surface area contributed by atoms with Crippen molar-refractivity contribution in [2.45, 2.75) is 19.8 Å². The highest BCUT2D eigenvalue weighted by Gasteiger charge is 2.14. The second-order valence-electron chi connectivity index (χ2n) is 3.69. The third kappa shape index (κ3) is 4.55. The molecule has 2 amide bonds. The van der Waals surface area contributed by atoms with Crippen LogP contribution in [0.4, 0.5) is 5.69 Å². The molecule has 0 aliphatic carbocycles. The first-order valence-corrected chi connectivity index (χ1v) is 6.34. The number of hydrogen-bond acceptors (Lipinski definition) is 2. The van der Waals surface area contributed by atoms with E-state index in [1.807, 2.05) is 6.92 Å². The highest BCUT2D eigenvalue weighted by atomic mass is 35.5. The van der Waals surface area contributed by atoms with E-state index in [4.69, 9.17) is 23.2 Å².